The third-order valence-electron chi connectivity index (χ3n) is 2.32. The van der Waals surface area contributed by atoms with Crippen molar-refractivity contribution in [2.75, 3.05) is 11.9 Å². The number of hydrogen-bond donors (Lipinski definition) is 1. The number of carbonyl (C=O) groups is 1. The highest BCUT2D eigenvalue weighted by Crippen LogP contribution is 2.24. The van der Waals surface area contributed by atoms with Gasteiger partial charge in [-0.25, -0.2) is 4.98 Å². The second kappa shape index (κ2) is 7.12. The Balaban J connectivity index is 1.97. The minimum Gasteiger partial charge on any atom is -0.302 e. The maximum atomic E-state index is 10.9. The van der Waals surface area contributed by atoms with Gasteiger partial charge in [0.05, 0.1) is 6.54 Å². The fraction of sp³-hybridized carbons (Fsp3) is 0.214. The van der Waals surface area contributed by atoms with Gasteiger partial charge in [-0.2, -0.15) is 0 Å². The monoisotopic (exact) mass is 305 g/mol. The van der Waals surface area contributed by atoms with Crippen LogP contribution in [0.3, 0.4) is 0 Å². The summed E-state index contributed by atoms with van der Waals surface area (Å²) < 4.78 is 0. The van der Waals surface area contributed by atoms with Crippen LogP contribution in [0.15, 0.2) is 36.0 Å². The molecule has 1 amide bonds. The first kappa shape index (κ1) is 14.6. The van der Waals surface area contributed by atoms with Crippen molar-refractivity contribution in [3.63, 3.8) is 0 Å². The summed E-state index contributed by atoms with van der Waals surface area (Å²) in [5.74, 6) is -0.0947. The number of carbonyl (C=O) groups excluding carboxylic acids is 1. The molecule has 0 aliphatic rings. The number of nitrogens with zero attached hydrogens (tertiary/aromatic N) is 2. The summed E-state index contributed by atoms with van der Waals surface area (Å²) in [5, 5.41) is 3.34. The zero-order valence-electron chi connectivity index (χ0n) is 11.1. The van der Waals surface area contributed by atoms with Gasteiger partial charge in [0, 0.05) is 40.4 Å². The van der Waals surface area contributed by atoms with E-state index in [1.54, 1.807) is 23.6 Å². The van der Waals surface area contributed by atoms with Crippen LogP contribution in [0.5, 0.6) is 0 Å². The number of anilines is 1. The molecule has 0 unspecified atom stereocenters. The maximum absolute atomic E-state index is 10.9. The lowest BCUT2D eigenvalue weighted by molar-refractivity contribution is -0.114. The van der Waals surface area contributed by atoms with Crippen LogP contribution in [0.25, 0.3) is 0 Å². The van der Waals surface area contributed by atoms with Crippen molar-refractivity contribution in [2.24, 2.45) is 4.99 Å². The molecule has 0 spiro atoms. The molecule has 0 aromatic carbocycles. The zero-order valence-corrected chi connectivity index (χ0v) is 12.8. The minimum absolute atomic E-state index is 0.0947. The average Bonchev–Trinajstić information content (AvgIpc) is 3.00. The third kappa shape index (κ3) is 4.40. The Morgan fingerprint density at radius 3 is 3.05 bits per heavy atom. The highest BCUT2D eigenvalue weighted by molar-refractivity contribution is 7.16. The molecule has 2 aromatic heterocycles. The second-order valence-corrected chi connectivity index (χ2v) is 6.39. The molecular weight excluding hydrogens is 290 g/mol. The van der Waals surface area contributed by atoms with Gasteiger partial charge < -0.3 is 5.32 Å². The first-order valence-electron chi connectivity index (χ1n) is 6.09. The van der Waals surface area contributed by atoms with Gasteiger partial charge in [0.1, 0.15) is 0 Å². The molecule has 6 heteroatoms. The number of rotatable bonds is 6. The number of hydrogen-bond acceptors (Lipinski definition) is 5. The molecule has 20 heavy (non-hydrogen) atoms. The molecule has 0 aliphatic heterocycles. The Morgan fingerprint density at radius 1 is 1.45 bits per heavy atom. The van der Waals surface area contributed by atoms with E-state index in [1.165, 1.54) is 23.1 Å². The van der Waals surface area contributed by atoms with Gasteiger partial charge in [-0.1, -0.05) is 6.08 Å². The standard InChI is InChI=1S/C14H15N3OS2/c1-3-6-15-8-12-5-4-11(19-12)7-13-9-16-14(20-13)17-10(2)18/h3-5,8-9H,1,6-7H2,2H3,(H,16,17,18)/b15-8+. The largest absolute Gasteiger partial charge is 0.302 e. The van der Waals surface area contributed by atoms with E-state index >= 15 is 0 Å². The summed E-state index contributed by atoms with van der Waals surface area (Å²) in [4.78, 5) is 22.9. The van der Waals surface area contributed by atoms with E-state index in [2.05, 4.69) is 34.0 Å². The van der Waals surface area contributed by atoms with Crippen LogP contribution >= 0.6 is 22.7 Å². The lowest BCUT2D eigenvalue weighted by atomic mass is 10.3. The molecule has 0 atom stereocenters. The lowest BCUT2D eigenvalue weighted by Crippen LogP contribution is -2.04. The van der Waals surface area contributed by atoms with Gasteiger partial charge in [0.15, 0.2) is 5.13 Å². The van der Waals surface area contributed by atoms with Crippen molar-refractivity contribution in [1.29, 1.82) is 0 Å². The topological polar surface area (TPSA) is 54.4 Å². The smallest absolute Gasteiger partial charge is 0.223 e. The van der Waals surface area contributed by atoms with Gasteiger partial charge in [-0.05, 0) is 12.1 Å². The van der Waals surface area contributed by atoms with Gasteiger partial charge in [-0.3, -0.25) is 9.79 Å². The van der Waals surface area contributed by atoms with Crippen molar-refractivity contribution in [1.82, 2.24) is 4.98 Å². The second-order valence-electron chi connectivity index (χ2n) is 4.08. The highest BCUT2D eigenvalue weighted by Gasteiger charge is 2.06. The summed E-state index contributed by atoms with van der Waals surface area (Å²) >= 11 is 3.21. The molecule has 0 radical (unpaired) electrons. The Hall–Kier alpha value is -1.79. The molecule has 0 bridgehead atoms. The number of aromatic nitrogens is 1. The van der Waals surface area contributed by atoms with E-state index in [-0.39, 0.29) is 5.91 Å². The molecule has 2 rings (SSSR count). The number of nitrogens with one attached hydrogen (secondary N) is 1. The first-order valence-corrected chi connectivity index (χ1v) is 7.72. The van der Waals surface area contributed by atoms with Crippen LogP contribution in [0.2, 0.25) is 0 Å². The Labute approximate surface area is 125 Å². The van der Waals surface area contributed by atoms with E-state index in [0.717, 1.165) is 16.2 Å². The number of amides is 1. The van der Waals surface area contributed by atoms with Gasteiger partial charge in [0.25, 0.3) is 0 Å². The minimum atomic E-state index is -0.0947. The number of aliphatic imine (C=N–C) groups is 1. The van der Waals surface area contributed by atoms with Crippen molar-refractivity contribution >= 4 is 39.9 Å². The molecule has 0 fully saturated rings. The summed E-state index contributed by atoms with van der Waals surface area (Å²) in [5.41, 5.74) is 0. The molecule has 0 saturated heterocycles. The molecule has 104 valence electrons. The van der Waals surface area contributed by atoms with Crippen molar-refractivity contribution in [2.45, 2.75) is 13.3 Å². The van der Waals surface area contributed by atoms with E-state index in [9.17, 15) is 4.79 Å². The highest BCUT2D eigenvalue weighted by atomic mass is 32.1. The van der Waals surface area contributed by atoms with Crippen LogP contribution in [0.4, 0.5) is 5.13 Å². The Bertz CT molecular complexity index is 628. The van der Waals surface area contributed by atoms with E-state index in [0.29, 0.717) is 11.7 Å². The predicted molar refractivity (Wildman–Crippen MR) is 86.2 cm³/mol. The third-order valence-corrected chi connectivity index (χ3v) is 4.25. The lowest BCUT2D eigenvalue weighted by Gasteiger charge is -1.93. The van der Waals surface area contributed by atoms with Crippen molar-refractivity contribution in [3.8, 4) is 0 Å². The fourth-order valence-corrected chi connectivity index (χ4v) is 3.45. The van der Waals surface area contributed by atoms with E-state index < -0.39 is 0 Å². The maximum Gasteiger partial charge on any atom is 0.223 e. The molecule has 4 nitrogen and oxygen atoms in total. The van der Waals surface area contributed by atoms with E-state index in [4.69, 9.17) is 0 Å². The van der Waals surface area contributed by atoms with Gasteiger partial charge in [-0.15, -0.1) is 29.3 Å². The molecule has 2 aromatic rings. The molecular formula is C14H15N3OS2. The molecule has 0 saturated carbocycles. The van der Waals surface area contributed by atoms with Crippen LogP contribution in [0.1, 0.15) is 21.6 Å². The van der Waals surface area contributed by atoms with Crippen LogP contribution < -0.4 is 5.32 Å². The average molecular weight is 305 g/mol. The molecule has 2 heterocycles. The summed E-state index contributed by atoms with van der Waals surface area (Å²) in [6.45, 7) is 5.75. The van der Waals surface area contributed by atoms with Gasteiger partial charge >= 0.3 is 0 Å². The van der Waals surface area contributed by atoms with Crippen LogP contribution in [0, 0.1) is 0 Å². The van der Waals surface area contributed by atoms with E-state index in [1.807, 2.05) is 6.21 Å². The number of thiophene rings is 1. The Kier molecular flexibility index (Phi) is 5.20. The fourth-order valence-electron chi connectivity index (χ4n) is 1.55. The van der Waals surface area contributed by atoms with Crippen molar-refractivity contribution < 1.29 is 4.79 Å². The SMILES string of the molecule is C=CC/N=C/c1ccc(Cc2cnc(NC(C)=O)s2)s1. The summed E-state index contributed by atoms with van der Waals surface area (Å²) in [6, 6.07) is 4.15. The zero-order chi connectivity index (χ0) is 14.4. The van der Waals surface area contributed by atoms with Gasteiger partial charge in [0.2, 0.25) is 5.91 Å². The summed E-state index contributed by atoms with van der Waals surface area (Å²) in [7, 11) is 0. The normalized spacial score (nSPS) is 10.8. The molecule has 1 N–H and O–H groups in total. The predicted octanol–water partition coefficient (Wildman–Crippen LogP) is 3.36. The Morgan fingerprint density at radius 2 is 2.30 bits per heavy atom. The van der Waals surface area contributed by atoms with Crippen LogP contribution in [-0.4, -0.2) is 23.7 Å². The first-order chi connectivity index (χ1) is 9.67. The van der Waals surface area contributed by atoms with Crippen molar-refractivity contribution in [3.05, 3.63) is 45.6 Å². The van der Waals surface area contributed by atoms with Crippen LogP contribution in [-0.2, 0) is 11.2 Å². The number of thiazole rings is 1. The summed E-state index contributed by atoms with van der Waals surface area (Å²) in [6.07, 6.45) is 6.27. The quantitative estimate of drug-likeness (QED) is 0.657. The molecule has 0 aliphatic carbocycles.